The van der Waals surface area contributed by atoms with Crippen molar-refractivity contribution in [2.24, 2.45) is 0 Å². The third-order valence-corrected chi connectivity index (χ3v) is 3.27. The zero-order valence-corrected chi connectivity index (χ0v) is 10.8. The summed E-state index contributed by atoms with van der Waals surface area (Å²) in [5, 5.41) is 5.31. The van der Waals surface area contributed by atoms with Crippen molar-refractivity contribution in [2.75, 3.05) is 26.7 Å². The largest absolute Gasteiger partial charge is 0.359 e. The minimum absolute atomic E-state index is 0.0225. The Kier molecular flexibility index (Phi) is 5.97. The predicted molar refractivity (Wildman–Crippen MR) is 66.6 cm³/mol. The van der Waals surface area contributed by atoms with E-state index in [0.717, 1.165) is 13.0 Å². The second-order valence-corrected chi connectivity index (χ2v) is 4.45. The molecule has 0 radical (unpaired) electrons. The van der Waals surface area contributed by atoms with Crippen LogP contribution in [-0.2, 0) is 9.59 Å². The number of amides is 2. The zero-order chi connectivity index (χ0) is 12.7. The van der Waals surface area contributed by atoms with E-state index in [2.05, 4.69) is 22.5 Å². The second-order valence-electron chi connectivity index (χ2n) is 4.45. The van der Waals surface area contributed by atoms with Gasteiger partial charge in [-0.15, -0.1) is 0 Å². The first kappa shape index (κ1) is 14.0. The fraction of sp³-hybridized carbons (Fsp3) is 0.833. The molecule has 1 unspecified atom stereocenters. The summed E-state index contributed by atoms with van der Waals surface area (Å²) in [6.45, 7) is 4.06. The van der Waals surface area contributed by atoms with Crippen molar-refractivity contribution in [2.45, 2.75) is 38.6 Å². The van der Waals surface area contributed by atoms with Crippen LogP contribution in [0.1, 0.15) is 32.6 Å². The van der Waals surface area contributed by atoms with Gasteiger partial charge in [-0.2, -0.15) is 0 Å². The minimum Gasteiger partial charge on any atom is -0.359 e. The number of nitrogens with one attached hydrogen (secondary N) is 2. The van der Waals surface area contributed by atoms with Gasteiger partial charge in [0.05, 0.1) is 6.54 Å². The standard InChI is InChI=1S/C12H23N3O2/c1-3-10-5-4-8-15(10)9-12(17)14-7-6-11(16)13-2/h10H,3-9H2,1-2H3,(H,13,16)(H,14,17)/i2+1,11+1,12+1,13+1,14+1,15+1. The van der Waals surface area contributed by atoms with Gasteiger partial charge in [-0.05, 0) is 25.8 Å². The molecule has 5 nitrogen and oxygen atoms in total. The number of carbonyl (C=O) groups excluding carboxylic acids is 2. The summed E-state index contributed by atoms with van der Waals surface area (Å²) in [7, 11) is 1.60. The molecular formula is C12H23N3O2. The highest BCUT2D eigenvalue weighted by Gasteiger charge is 2.24. The summed E-state index contributed by atoms with van der Waals surface area (Å²) in [6.07, 6.45) is 3.83. The molecule has 17 heavy (non-hydrogen) atoms. The van der Waals surface area contributed by atoms with Crippen LogP contribution in [0.15, 0.2) is 0 Å². The maximum absolute atomic E-state index is 11.6. The Hall–Kier alpha value is -1.10. The van der Waals surface area contributed by atoms with E-state index in [1.807, 2.05) is 0 Å². The maximum atomic E-state index is 11.6. The minimum atomic E-state index is -0.0436. The highest BCUT2D eigenvalue weighted by atomic mass is 16.3. The summed E-state index contributed by atoms with van der Waals surface area (Å²) >= 11 is 0. The van der Waals surface area contributed by atoms with Gasteiger partial charge < -0.3 is 10.6 Å². The van der Waals surface area contributed by atoms with Gasteiger partial charge >= 0.3 is 0 Å². The Morgan fingerprint density at radius 1 is 1.35 bits per heavy atom. The van der Waals surface area contributed by atoms with Crippen molar-refractivity contribution >= 4 is 11.8 Å². The van der Waals surface area contributed by atoms with E-state index in [0.29, 0.717) is 25.6 Å². The Labute approximate surface area is 103 Å². The summed E-state index contributed by atoms with van der Waals surface area (Å²) in [6, 6.07) is 0.555. The SMILES string of the molecule is CCC1CCC[15N]1C[13C](=O)[15NH]CC[13C](=O)[15NH][13CH3]. The normalized spacial score (nSPS) is 20.2. The van der Waals surface area contributed by atoms with Crippen LogP contribution in [0.3, 0.4) is 0 Å². The Morgan fingerprint density at radius 2 is 2.12 bits per heavy atom. The van der Waals surface area contributed by atoms with E-state index in [4.69, 9.17) is 0 Å². The molecule has 2 N–H and O–H groups in total. The van der Waals surface area contributed by atoms with E-state index in [1.54, 1.807) is 7.05 Å². The molecule has 1 saturated heterocycles. The van der Waals surface area contributed by atoms with Gasteiger partial charge in [0.25, 0.3) is 0 Å². The number of nitrogens with zero attached hydrogens (tertiary/aromatic N) is 1. The van der Waals surface area contributed by atoms with E-state index in [9.17, 15) is 9.59 Å². The van der Waals surface area contributed by atoms with Gasteiger partial charge in [0.2, 0.25) is 11.8 Å². The molecule has 1 fully saturated rings. The first-order valence-electron chi connectivity index (χ1n) is 6.38. The van der Waals surface area contributed by atoms with Crippen LogP contribution in [0.2, 0.25) is 0 Å². The molecule has 0 saturated carbocycles. The van der Waals surface area contributed by atoms with E-state index in [-0.39, 0.29) is 11.8 Å². The van der Waals surface area contributed by atoms with Gasteiger partial charge in [-0.25, -0.2) is 0 Å². The lowest BCUT2D eigenvalue weighted by Crippen LogP contribution is -2.40. The molecule has 1 atom stereocenters. The van der Waals surface area contributed by atoms with Crippen LogP contribution < -0.4 is 10.6 Å². The highest BCUT2D eigenvalue weighted by molar-refractivity contribution is 5.80. The molecule has 0 aromatic carbocycles. The average molecular weight is 247 g/mol. The smallest absolute Gasteiger partial charge is 0.234 e. The van der Waals surface area contributed by atoms with Crippen LogP contribution in [0.25, 0.3) is 0 Å². The summed E-state index contributed by atoms with van der Waals surface area (Å²) in [4.78, 5) is 24.8. The topological polar surface area (TPSA) is 61.4 Å². The number of rotatable bonds is 6. The number of likely N-dealkylation sites (tertiary alicyclic amines) is 1. The van der Waals surface area contributed by atoms with Gasteiger partial charge in [0.1, 0.15) is 0 Å². The lowest BCUT2D eigenvalue weighted by molar-refractivity contribution is -0.123. The zero-order valence-electron chi connectivity index (χ0n) is 10.8. The van der Waals surface area contributed by atoms with Crippen LogP contribution >= 0.6 is 0 Å². The molecule has 0 aromatic rings. The average Bonchev–Trinajstić information content (AvgIpc) is 2.76. The Bertz CT molecular complexity index is 268. The number of hydrogen-bond donors (Lipinski definition) is 2. The second kappa shape index (κ2) is 7.27. The Balaban J connectivity index is 2.18. The van der Waals surface area contributed by atoms with Gasteiger partial charge in [-0.1, -0.05) is 6.92 Å². The number of hydrogen-bond acceptors (Lipinski definition) is 3. The molecular weight excluding hydrogens is 224 g/mol. The quantitative estimate of drug-likeness (QED) is 0.517. The summed E-state index contributed by atoms with van der Waals surface area (Å²) in [5.41, 5.74) is 0. The third-order valence-electron chi connectivity index (χ3n) is 3.27. The van der Waals surface area contributed by atoms with Gasteiger partial charge in [-0.3, -0.25) is 14.5 Å². The van der Waals surface area contributed by atoms with Crippen molar-refractivity contribution < 1.29 is 9.59 Å². The molecule has 98 valence electrons. The first-order chi connectivity index (χ1) is 8.17. The van der Waals surface area contributed by atoms with Crippen molar-refractivity contribution in [3.63, 3.8) is 0 Å². The third kappa shape index (κ3) is 4.73. The highest BCUT2D eigenvalue weighted by Crippen LogP contribution is 2.18. The first-order valence-corrected chi connectivity index (χ1v) is 6.38. The molecule has 1 rings (SSSR count). The molecule has 0 aliphatic carbocycles. The molecule has 0 spiro atoms. The van der Waals surface area contributed by atoms with E-state index < -0.39 is 0 Å². The monoisotopic (exact) mass is 247 g/mol. The summed E-state index contributed by atoms with van der Waals surface area (Å²) < 4.78 is 0. The lowest BCUT2D eigenvalue weighted by Gasteiger charge is -2.22. The van der Waals surface area contributed by atoms with Crippen molar-refractivity contribution in [3.8, 4) is 0 Å². The molecule has 1 aliphatic heterocycles. The van der Waals surface area contributed by atoms with Gasteiger partial charge in [0, 0.05) is 26.1 Å². The fourth-order valence-corrected chi connectivity index (χ4v) is 2.25. The van der Waals surface area contributed by atoms with E-state index >= 15 is 0 Å². The fourth-order valence-electron chi connectivity index (χ4n) is 2.25. The molecule has 0 bridgehead atoms. The van der Waals surface area contributed by atoms with Crippen LogP contribution in [0.4, 0.5) is 0 Å². The number of carbonyl (C=O) groups is 2. The lowest BCUT2D eigenvalue weighted by atomic mass is 10.2. The maximum Gasteiger partial charge on any atom is 0.234 e. The van der Waals surface area contributed by atoms with Crippen molar-refractivity contribution in [1.82, 2.24) is 15.5 Å². The van der Waals surface area contributed by atoms with Crippen molar-refractivity contribution in [1.29, 1.82) is 0 Å². The molecule has 1 aliphatic rings. The Morgan fingerprint density at radius 3 is 2.76 bits per heavy atom. The van der Waals surface area contributed by atoms with Crippen LogP contribution in [-0.4, -0.2) is 49.4 Å². The van der Waals surface area contributed by atoms with E-state index in [1.165, 1.54) is 12.8 Å². The van der Waals surface area contributed by atoms with Crippen molar-refractivity contribution in [3.05, 3.63) is 0 Å². The summed E-state index contributed by atoms with van der Waals surface area (Å²) in [5.74, 6) is -0.0211. The van der Waals surface area contributed by atoms with Crippen LogP contribution in [0, 0.1) is 0 Å². The molecule has 0 aromatic heterocycles. The molecule has 1 heterocycles. The molecule has 5 heteroatoms. The van der Waals surface area contributed by atoms with Crippen LogP contribution in [0.5, 0.6) is 0 Å². The molecule has 2 amide bonds. The van der Waals surface area contributed by atoms with Gasteiger partial charge in [0.15, 0.2) is 0 Å². The predicted octanol–water partition coefficient (Wildman–Crippen LogP) is 0.113.